The van der Waals surface area contributed by atoms with Crippen LogP contribution < -0.4 is 9.47 Å². The van der Waals surface area contributed by atoms with Gasteiger partial charge in [0.15, 0.2) is 11.5 Å². The van der Waals surface area contributed by atoms with Crippen molar-refractivity contribution in [2.24, 2.45) is 5.16 Å². The van der Waals surface area contributed by atoms with Gasteiger partial charge in [-0.3, -0.25) is 0 Å². The molecule has 0 bridgehead atoms. The van der Waals surface area contributed by atoms with Crippen LogP contribution in [0.1, 0.15) is 37.0 Å². The first-order chi connectivity index (χ1) is 15.0. The Morgan fingerprint density at radius 2 is 1.84 bits per heavy atom. The van der Waals surface area contributed by atoms with Crippen molar-refractivity contribution in [1.29, 1.82) is 0 Å². The van der Waals surface area contributed by atoms with Crippen LogP contribution in [0.15, 0.2) is 53.9 Å². The fourth-order valence-corrected chi connectivity index (χ4v) is 2.81. The molecule has 7 nitrogen and oxygen atoms in total. The smallest absolute Gasteiger partial charge is 0.341 e. The third-order valence-corrected chi connectivity index (χ3v) is 4.41. The molecule has 7 heteroatoms. The molecule has 31 heavy (non-hydrogen) atoms. The van der Waals surface area contributed by atoms with Crippen LogP contribution >= 0.6 is 0 Å². The highest BCUT2D eigenvalue weighted by molar-refractivity contribution is 6.16. The van der Waals surface area contributed by atoms with E-state index in [9.17, 15) is 4.79 Å². The maximum Gasteiger partial charge on any atom is 0.341 e. The fourth-order valence-electron chi connectivity index (χ4n) is 2.81. The minimum atomic E-state index is -0.490. The highest BCUT2D eigenvalue weighted by atomic mass is 16.6. The summed E-state index contributed by atoms with van der Waals surface area (Å²) in [6.07, 6.45) is 2.26. The average Bonchev–Trinajstić information content (AvgIpc) is 2.81. The number of methoxy groups -OCH3 is 3. The Kier molecular flexibility index (Phi) is 9.42. The summed E-state index contributed by atoms with van der Waals surface area (Å²) >= 11 is 0. The molecule has 2 rings (SSSR count). The molecule has 0 aliphatic heterocycles. The monoisotopic (exact) mass is 427 g/mol. The number of ether oxygens (including phenoxy) is 4. The number of hydrogen-bond acceptors (Lipinski definition) is 7. The Bertz CT molecular complexity index is 935. The Balaban J connectivity index is 2.25. The SMILES string of the molecule is CCCO/N=C(\C)c1ccc(OCc2ccccc2/C(=C\OC)C(=O)OC)c(OC)c1. The molecule has 0 aliphatic carbocycles. The quantitative estimate of drug-likeness (QED) is 0.130. The number of carbonyl (C=O) groups is 1. The normalized spacial score (nSPS) is 11.6. The van der Waals surface area contributed by atoms with E-state index in [0.29, 0.717) is 29.2 Å². The van der Waals surface area contributed by atoms with Crippen molar-refractivity contribution in [3.8, 4) is 11.5 Å². The van der Waals surface area contributed by atoms with E-state index in [1.54, 1.807) is 7.11 Å². The van der Waals surface area contributed by atoms with Crippen molar-refractivity contribution >= 4 is 17.3 Å². The molecule has 0 radical (unpaired) electrons. The van der Waals surface area contributed by atoms with Crippen LogP contribution in [0, 0.1) is 0 Å². The molecule has 0 heterocycles. The van der Waals surface area contributed by atoms with E-state index in [-0.39, 0.29) is 6.61 Å². The van der Waals surface area contributed by atoms with E-state index in [1.807, 2.05) is 56.3 Å². The second kappa shape index (κ2) is 12.3. The zero-order valence-corrected chi connectivity index (χ0v) is 18.6. The summed E-state index contributed by atoms with van der Waals surface area (Å²) in [5, 5.41) is 4.11. The van der Waals surface area contributed by atoms with Gasteiger partial charge in [-0.25, -0.2) is 4.79 Å². The second-order valence-corrected chi connectivity index (χ2v) is 6.58. The first-order valence-corrected chi connectivity index (χ1v) is 9.93. The Morgan fingerprint density at radius 1 is 1.06 bits per heavy atom. The van der Waals surface area contributed by atoms with E-state index in [0.717, 1.165) is 23.3 Å². The molecule has 0 N–H and O–H groups in total. The first kappa shape index (κ1) is 23.8. The molecule has 0 amide bonds. The van der Waals surface area contributed by atoms with Gasteiger partial charge in [0.25, 0.3) is 0 Å². The van der Waals surface area contributed by atoms with Gasteiger partial charge >= 0.3 is 5.97 Å². The van der Waals surface area contributed by atoms with Crippen LogP contribution in [0.4, 0.5) is 0 Å². The van der Waals surface area contributed by atoms with E-state index in [4.69, 9.17) is 23.8 Å². The van der Waals surface area contributed by atoms with Crippen molar-refractivity contribution in [1.82, 2.24) is 0 Å². The molecular weight excluding hydrogens is 398 g/mol. The van der Waals surface area contributed by atoms with Crippen LogP contribution in [0.3, 0.4) is 0 Å². The molecule has 2 aromatic rings. The third-order valence-electron chi connectivity index (χ3n) is 4.41. The van der Waals surface area contributed by atoms with Crippen LogP contribution in [-0.2, 0) is 25.7 Å². The molecular formula is C24H29NO6. The lowest BCUT2D eigenvalue weighted by Crippen LogP contribution is -2.08. The molecule has 2 aromatic carbocycles. The summed E-state index contributed by atoms with van der Waals surface area (Å²) in [4.78, 5) is 17.4. The second-order valence-electron chi connectivity index (χ2n) is 6.58. The number of esters is 1. The van der Waals surface area contributed by atoms with E-state index >= 15 is 0 Å². The zero-order chi connectivity index (χ0) is 22.6. The molecule has 166 valence electrons. The summed E-state index contributed by atoms with van der Waals surface area (Å²) in [6.45, 7) is 4.69. The van der Waals surface area contributed by atoms with Crippen LogP contribution in [-0.4, -0.2) is 39.6 Å². The van der Waals surface area contributed by atoms with Gasteiger partial charge < -0.3 is 23.8 Å². The fraction of sp³-hybridized carbons (Fsp3) is 0.333. The van der Waals surface area contributed by atoms with Gasteiger partial charge in [-0.05, 0) is 42.7 Å². The average molecular weight is 427 g/mol. The molecule has 0 spiro atoms. The van der Waals surface area contributed by atoms with Crippen molar-refractivity contribution in [3.63, 3.8) is 0 Å². The standard InChI is InChI=1S/C24H29NO6/c1-6-13-31-25-17(2)18-11-12-22(23(14-18)28-4)30-15-19-9-7-8-10-20(19)21(16-27-3)24(26)29-5/h7-12,14,16H,6,13,15H2,1-5H3/b21-16+,25-17+. The molecule has 0 saturated carbocycles. The van der Waals surface area contributed by atoms with Gasteiger partial charge in [-0.1, -0.05) is 36.3 Å². The largest absolute Gasteiger partial charge is 0.503 e. The van der Waals surface area contributed by atoms with E-state index in [1.165, 1.54) is 20.5 Å². The third kappa shape index (κ3) is 6.50. The zero-order valence-electron chi connectivity index (χ0n) is 18.6. The lowest BCUT2D eigenvalue weighted by molar-refractivity contribution is -0.133. The molecule has 0 aromatic heterocycles. The van der Waals surface area contributed by atoms with Crippen molar-refractivity contribution in [2.75, 3.05) is 27.9 Å². The lowest BCUT2D eigenvalue weighted by atomic mass is 10.0. The number of nitrogens with zero attached hydrogens (tertiary/aromatic N) is 1. The maximum atomic E-state index is 12.2. The van der Waals surface area contributed by atoms with Crippen molar-refractivity contribution in [3.05, 3.63) is 65.4 Å². The Hall–Kier alpha value is -3.48. The minimum Gasteiger partial charge on any atom is -0.503 e. The Labute approximate surface area is 183 Å². The minimum absolute atomic E-state index is 0.219. The predicted octanol–water partition coefficient (Wildman–Crippen LogP) is 4.59. The highest BCUT2D eigenvalue weighted by Crippen LogP contribution is 2.30. The maximum absolute atomic E-state index is 12.2. The van der Waals surface area contributed by atoms with Crippen molar-refractivity contribution in [2.45, 2.75) is 26.9 Å². The lowest BCUT2D eigenvalue weighted by Gasteiger charge is -2.15. The topological polar surface area (TPSA) is 75.6 Å². The first-order valence-electron chi connectivity index (χ1n) is 9.93. The summed E-state index contributed by atoms with van der Waals surface area (Å²) in [5.74, 6) is 0.649. The van der Waals surface area contributed by atoms with Gasteiger partial charge in [-0.15, -0.1) is 0 Å². The molecule has 0 saturated heterocycles. The molecule has 0 unspecified atom stereocenters. The van der Waals surface area contributed by atoms with Gasteiger partial charge in [-0.2, -0.15) is 0 Å². The van der Waals surface area contributed by atoms with E-state index < -0.39 is 5.97 Å². The number of oxime groups is 1. The van der Waals surface area contributed by atoms with Gasteiger partial charge in [0.2, 0.25) is 0 Å². The summed E-state index contributed by atoms with van der Waals surface area (Å²) in [6, 6.07) is 13.0. The Morgan fingerprint density at radius 3 is 2.52 bits per heavy atom. The van der Waals surface area contributed by atoms with Gasteiger partial charge in [0.05, 0.1) is 33.3 Å². The number of benzene rings is 2. The predicted molar refractivity (Wildman–Crippen MR) is 119 cm³/mol. The van der Waals surface area contributed by atoms with Crippen molar-refractivity contribution < 1.29 is 28.6 Å². The van der Waals surface area contributed by atoms with Gasteiger partial charge in [0, 0.05) is 5.56 Å². The van der Waals surface area contributed by atoms with Crippen LogP contribution in [0.5, 0.6) is 11.5 Å². The van der Waals surface area contributed by atoms with Crippen LogP contribution in [0.25, 0.3) is 5.57 Å². The molecule has 0 fully saturated rings. The molecule has 0 aliphatic rings. The summed E-state index contributed by atoms with van der Waals surface area (Å²) in [7, 11) is 4.39. The molecule has 0 atom stereocenters. The van der Waals surface area contributed by atoms with Crippen LogP contribution in [0.2, 0.25) is 0 Å². The number of hydrogen-bond donors (Lipinski definition) is 0. The van der Waals surface area contributed by atoms with E-state index in [2.05, 4.69) is 5.16 Å². The number of carbonyl (C=O) groups excluding carboxylic acids is 1. The van der Waals surface area contributed by atoms with Gasteiger partial charge in [0.1, 0.15) is 18.8 Å². The summed E-state index contributed by atoms with van der Waals surface area (Å²) in [5.41, 5.74) is 3.40. The summed E-state index contributed by atoms with van der Waals surface area (Å²) < 4.78 is 21.4. The highest BCUT2D eigenvalue weighted by Gasteiger charge is 2.17. The number of rotatable bonds is 11.